The number of amides is 2. The molecule has 12 heteroatoms. The van der Waals surface area contributed by atoms with Gasteiger partial charge < -0.3 is 15.7 Å². The van der Waals surface area contributed by atoms with E-state index in [1.807, 2.05) is 38.1 Å². The lowest BCUT2D eigenvalue weighted by molar-refractivity contribution is -0.123. The van der Waals surface area contributed by atoms with Crippen LogP contribution in [-0.2, 0) is 14.8 Å². The summed E-state index contributed by atoms with van der Waals surface area (Å²) in [6.45, 7) is 3.15. The topological polar surface area (TPSA) is 125 Å². The Bertz CT molecular complexity index is 1310. The third kappa shape index (κ3) is 7.47. The van der Waals surface area contributed by atoms with Crippen LogP contribution in [0.25, 0.3) is 10.1 Å². The molecule has 2 amide bonds. The maximum absolute atomic E-state index is 13.2. The van der Waals surface area contributed by atoms with E-state index < -0.39 is 40.4 Å². The molecule has 0 aliphatic carbocycles. The number of benzene rings is 2. The molecule has 3 rings (SSSR count). The van der Waals surface area contributed by atoms with Gasteiger partial charge in [0.1, 0.15) is 16.8 Å². The first-order valence-corrected chi connectivity index (χ1v) is 13.8. The average Bonchev–Trinajstić information content (AvgIpc) is 3.25. The Morgan fingerprint density at radius 3 is 2.50 bits per heavy atom. The van der Waals surface area contributed by atoms with Gasteiger partial charge in [-0.3, -0.25) is 9.59 Å². The molecule has 0 saturated heterocycles. The summed E-state index contributed by atoms with van der Waals surface area (Å²) in [4.78, 5) is 25.7. The highest BCUT2D eigenvalue weighted by atomic mass is 35.5. The van der Waals surface area contributed by atoms with E-state index in [9.17, 15) is 27.5 Å². The first-order chi connectivity index (χ1) is 17.0. The number of hydrogen-bond donors (Lipinski definition) is 4. The zero-order valence-corrected chi connectivity index (χ0v) is 22.0. The molecule has 0 unspecified atom stereocenters. The second-order valence-corrected chi connectivity index (χ2v) is 11.9. The van der Waals surface area contributed by atoms with Crippen molar-refractivity contribution >= 4 is 54.9 Å². The van der Waals surface area contributed by atoms with E-state index in [2.05, 4.69) is 15.4 Å². The van der Waals surface area contributed by atoms with E-state index in [1.165, 1.54) is 11.3 Å². The minimum absolute atomic E-state index is 0.0978. The quantitative estimate of drug-likeness (QED) is 0.289. The maximum Gasteiger partial charge on any atom is 0.262 e. The van der Waals surface area contributed by atoms with Crippen LogP contribution in [0.2, 0.25) is 5.02 Å². The highest BCUT2D eigenvalue weighted by molar-refractivity contribution is 7.89. The molecule has 0 spiro atoms. The van der Waals surface area contributed by atoms with Crippen LogP contribution in [0.4, 0.5) is 4.39 Å². The van der Waals surface area contributed by atoms with Crippen LogP contribution >= 0.6 is 22.9 Å². The molecule has 2 atom stereocenters. The number of nitrogens with one attached hydrogen (secondary N) is 3. The summed E-state index contributed by atoms with van der Waals surface area (Å²) < 4.78 is 41.1. The van der Waals surface area contributed by atoms with E-state index >= 15 is 0 Å². The molecular formula is C24H27ClFN3O5S2. The Balaban J connectivity index is 1.57. The minimum atomic E-state index is -4.11. The number of rotatable bonds is 11. The van der Waals surface area contributed by atoms with Crippen LogP contribution in [-0.4, -0.2) is 50.6 Å². The molecule has 0 aliphatic heterocycles. The molecular weight excluding hydrogens is 529 g/mol. The molecule has 1 heterocycles. The molecule has 0 saturated carbocycles. The van der Waals surface area contributed by atoms with Crippen LogP contribution in [0.3, 0.4) is 0 Å². The lowest BCUT2D eigenvalue weighted by Crippen LogP contribution is -2.49. The van der Waals surface area contributed by atoms with E-state index in [0.29, 0.717) is 11.3 Å². The summed E-state index contributed by atoms with van der Waals surface area (Å²) >= 11 is 7.13. The fourth-order valence-electron chi connectivity index (χ4n) is 3.42. The summed E-state index contributed by atoms with van der Waals surface area (Å²) in [5.74, 6) is -1.46. The number of fused-ring (bicyclic) bond motifs is 1. The molecule has 0 radical (unpaired) electrons. The van der Waals surface area contributed by atoms with Gasteiger partial charge in [-0.1, -0.05) is 43.6 Å². The Hall–Kier alpha value is -2.57. The molecule has 0 aliphatic rings. The largest absolute Gasteiger partial charge is 0.390 e. The minimum Gasteiger partial charge on any atom is -0.390 e. The predicted molar refractivity (Wildman–Crippen MR) is 138 cm³/mol. The first kappa shape index (κ1) is 28.0. The monoisotopic (exact) mass is 555 g/mol. The van der Waals surface area contributed by atoms with Crippen molar-refractivity contribution < 1.29 is 27.5 Å². The summed E-state index contributed by atoms with van der Waals surface area (Å²) in [6.07, 6.45) is -0.894. The number of carbonyl (C=O) groups is 2. The molecule has 3 aromatic rings. The van der Waals surface area contributed by atoms with Crippen molar-refractivity contribution in [1.82, 2.24) is 15.4 Å². The highest BCUT2D eigenvalue weighted by Crippen LogP contribution is 2.25. The second kappa shape index (κ2) is 12.1. The third-order valence-electron chi connectivity index (χ3n) is 5.18. The van der Waals surface area contributed by atoms with Crippen molar-refractivity contribution in [3.05, 3.63) is 64.2 Å². The predicted octanol–water partition coefficient (Wildman–Crippen LogP) is 3.29. The number of hydrogen-bond acceptors (Lipinski definition) is 6. The van der Waals surface area contributed by atoms with Crippen LogP contribution in [0.15, 0.2) is 53.4 Å². The van der Waals surface area contributed by atoms with Gasteiger partial charge in [-0.2, -0.15) is 0 Å². The molecule has 1 aromatic heterocycles. The van der Waals surface area contributed by atoms with E-state index in [0.717, 1.165) is 28.3 Å². The van der Waals surface area contributed by atoms with Gasteiger partial charge in [0.2, 0.25) is 15.9 Å². The van der Waals surface area contributed by atoms with Gasteiger partial charge in [0, 0.05) is 17.8 Å². The Kier molecular flexibility index (Phi) is 9.42. The van der Waals surface area contributed by atoms with Gasteiger partial charge in [0.15, 0.2) is 0 Å². The highest BCUT2D eigenvalue weighted by Gasteiger charge is 2.25. The number of aliphatic hydroxyl groups is 1. The van der Waals surface area contributed by atoms with Gasteiger partial charge in [0.05, 0.1) is 16.0 Å². The Labute approximate surface area is 217 Å². The molecule has 8 nitrogen and oxygen atoms in total. The smallest absolute Gasteiger partial charge is 0.262 e. The lowest BCUT2D eigenvalue weighted by Gasteiger charge is -2.21. The first-order valence-electron chi connectivity index (χ1n) is 11.2. The van der Waals surface area contributed by atoms with E-state index in [-0.39, 0.29) is 28.3 Å². The maximum atomic E-state index is 13.2. The summed E-state index contributed by atoms with van der Waals surface area (Å²) in [7, 11) is -4.11. The van der Waals surface area contributed by atoms with E-state index in [4.69, 9.17) is 11.6 Å². The fourth-order valence-corrected chi connectivity index (χ4v) is 5.98. The van der Waals surface area contributed by atoms with Crippen LogP contribution in [0, 0.1) is 11.7 Å². The zero-order valence-electron chi connectivity index (χ0n) is 19.6. The van der Waals surface area contributed by atoms with Crippen molar-refractivity contribution in [2.75, 3.05) is 13.1 Å². The van der Waals surface area contributed by atoms with Gasteiger partial charge in [0.25, 0.3) is 5.91 Å². The lowest BCUT2D eigenvalue weighted by atomic mass is 10.0. The van der Waals surface area contributed by atoms with Crippen molar-refractivity contribution in [2.45, 2.75) is 37.3 Å². The standard InChI is InChI=1S/C24H27ClFN3O5S2/c1-14(2)9-19(29-24(32)21-10-15-5-3-4-6-20(15)35-21)23(31)27-12-17(30)13-28-36(33,34)22-8-7-16(26)11-18(22)25/h3-8,10-11,14,17,19,28,30H,9,12-13H2,1-2H3,(H,27,31)(H,29,32)/t17-,19+/m1/s1. The number of thiophene rings is 1. The van der Waals surface area contributed by atoms with Crippen LogP contribution in [0.1, 0.15) is 29.9 Å². The van der Waals surface area contributed by atoms with Gasteiger partial charge >= 0.3 is 0 Å². The molecule has 36 heavy (non-hydrogen) atoms. The molecule has 0 fully saturated rings. The third-order valence-corrected chi connectivity index (χ3v) is 8.20. The van der Waals surface area contributed by atoms with Crippen molar-refractivity contribution in [2.24, 2.45) is 5.92 Å². The van der Waals surface area contributed by atoms with Gasteiger partial charge in [-0.25, -0.2) is 17.5 Å². The normalized spacial score (nSPS) is 13.5. The fraction of sp³-hybridized carbons (Fsp3) is 0.333. The number of aliphatic hydroxyl groups excluding tert-OH is 1. The zero-order chi connectivity index (χ0) is 26.5. The Morgan fingerprint density at radius 1 is 1.11 bits per heavy atom. The van der Waals surface area contributed by atoms with Crippen LogP contribution in [0.5, 0.6) is 0 Å². The number of carbonyl (C=O) groups excluding carboxylic acids is 2. The molecule has 4 N–H and O–H groups in total. The van der Waals surface area contributed by atoms with Crippen molar-refractivity contribution in [3.8, 4) is 0 Å². The SMILES string of the molecule is CC(C)C[C@H](NC(=O)c1cc2ccccc2s1)C(=O)NC[C@@H](O)CNS(=O)(=O)c1ccc(F)cc1Cl. The number of sulfonamides is 1. The second-order valence-electron chi connectivity index (χ2n) is 8.63. The van der Waals surface area contributed by atoms with Crippen LogP contribution < -0.4 is 15.4 Å². The Morgan fingerprint density at radius 2 is 1.83 bits per heavy atom. The molecule has 2 aromatic carbocycles. The van der Waals surface area contributed by atoms with Crippen molar-refractivity contribution in [1.29, 1.82) is 0 Å². The molecule has 0 bridgehead atoms. The summed E-state index contributed by atoms with van der Waals surface area (Å²) in [6, 6.07) is 11.3. The molecule has 194 valence electrons. The summed E-state index contributed by atoms with van der Waals surface area (Å²) in [5.41, 5.74) is 0. The van der Waals surface area contributed by atoms with Crippen molar-refractivity contribution in [3.63, 3.8) is 0 Å². The van der Waals surface area contributed by atoms with E-state index in [1.54, 1.807) is 6.07 Å². The van der Waals surface area contributed by atoms with Gasteiger partial charge in [-0.05, 0) is 48.1 Å². The summed E-state index contributed by atoms with van der Waals surface area (Å²) in [5, 5.41) is 16.2. The number of halogens is 2. The average molecular weight is 556 g/mol. The van der Waals surface area contributed by atoms with Gasteiger partial charge in [-0.15, -0.1) is 11.3 Å².